The lowest BCUT2D eigenvalue weighted by atomic mass is 10.1. The SMILES string of the molecule is CCCCCCCCCCn1nc(C)c(NC(=O)CC(=O)Nc2c(C)nn(CCCCCCCCCC)c2C)c1C. The van der Waals surface area contributed by atoms with E-state index in [1.807, 2.05) is 37.1 Å². The first-order valence-electron chi connectivity index (χ1n) is 16.5. The minimum atomic E-state index is -0.332. The first-order valence-corrected chi connectivity index (χ1v) is 16.5. The molecule has 0 aliphatic carbocycles. The van der Waals surface area contributed by atoms with Crippen LogP contribution in [0.25, 0.3) is 0 Å². The summed E-state index contributed by atoms with van der Waals surface area (Å²) >= 11 is 0. The van der Waals surface area contributed by atoms with Crippen LogP contribution in [0.3, 0.4) is 0 Å². The predicted molar refractivity (Wildman–Crippen MR) is 170 cm³/mol. The molecule has 0 spiro atoms. The number of hydrogen-bond acceptors (Lipinski definition) is 4. The van der Waals surface area contributed by atoms with E-state index in [4.69, 9.17) is 0 Å². The summed E-state index contributed by atoms with van der Waals surface area (Å²) in [5.41, 5.74) is 4.87. The Kier molecular flexibility index (Phi) is 16.4. The van der Waals surface area contributed by atoms with Crippen molar-refractivity contribution in [1.82, 2.24) is 19.6 Å². The number of amides is 2. The van der Waals surface area contributed by atoms with Crippen molar-refractivity contribution in [3.05, 3.63) is 22.8 Å². The highest BCUT2D eigenvalue weighted by atomic mass is 16.2. The molecule has 2 amide bonds. The number of nitrogens with zero attached hydrogens (tertiary/aromatic N) is 4. The highest BCUT2D eigenvalue weighted by Crippen LogP contribution is 2.22. The molecule has 0 aliphatic rings. The van der Waals surface area contributed by atoms with Crippen LogP contribution in [-0.4, -0.2) is 31.4 Å². The second-order valence-corrected chi connectivity index (χ2v) is 11.8. The first kappa shape index (κ1) is 34.6. The van der Waals surface area contributed by atoms with Gasteiger partial charge in [-0.25, -0.2) is 0 Å². The first-order chi connectivity index (χ1) is 19.8. The third-order valence-electron chi connectivity index (χ3n) is 8.06. The Morgan fingerprint density at radius 3 is 1.20 bits per heavy atom. The minimum absolute atomic E-state index is 0.246. The van der Waals surface area contributed by atoms with E-state index < -0.39 is 0 Å². The molecule has 0 aliphatic heterocycles. The van der Waals surface area contributed by atoms with Crippen LogP contribution >= 0.6 is 0 Å². The minimum Gasteiger partial charge on any atom is -0.323 e. The highest BCUT2D eigenvalue weighted by Gasteiger charge is 2.19. The van der Waals surface area contributed by atoms with E-state index in [1.165, 1.54) is 89.9 Å². The maximum Gasteiger partial charge on any atom is 0.233 e. The zero-order valence-electron chi connectivity index (χ0n) is 27.0. The fourth-order valence-electron chi connectivity index (χ4n) is 5.50. The summed E-state index contributed by atoms with van der Waals surface area (Å²) in [7, 11) is 0. The second-order valence-electron chi connectivity index (χ2n) is 11.8. The van der Waals surface area contributed by atoms with Crippen LogP contribution in [0, 0.1) is 27.7 Å². The van der Waals surface area contributed by atoms with Gasteiger partial charge in [-0.1, -0.05) is 104 Å². The molecule has 0 bridgehead atoms. The number of rotatable bonds is 22. The smallest absolute Gasteiger partial charge is 0.233 e. The van der Waals surface area contributed by atoms with E-state index in [-0.39, 0.29) is 18.2 Å². The Bertz CT molecular complexity index is 973. The number of hydrogen-bond donors (Lipinski definition) is 2. The van der Waals surface area contributed by atoms with Crippen LogP contribution in [0.4, 0.5) is 11.4 Å². The van der Waals surface area contributed by atoms with Crippen molar-refractivity contribution in [2.24, 2.45) is 0 Å². The molecule has 2 aromatic heterocycles. The number of carbonyl (C=O) groups is 2. The fourth-order valence-corrected chi connectivity index (χ4v) is 5.50. The van der Waals surface area contributed by atoms with Gasteiger partial charge in [0.15, 0.2) is 0 Å². The van der Waals surface area contributed by atoms with Gasteiger partial charge in [-0.2, -0.15) is 10.2 Å². The van der Waals surface area contributed by atoms with E-state index in [0.29, 0.717) is 11.4 Å². The lowest BCUT2D eigenvalue weighted by Crippen LogP contribution is -2.22. The van der Waals surface area contributed by atoms with E-state index in [2.05, 4.69) is 34.7 Å². The molecule has 0 saturated heterocycles. The molecule has 2 aromatic rings. The van der Waals surface area contributed by atoms with Gasteiger partial charge < -0.3 is 10.6 Å². The van der Waals surface area contributed by atoms with Crippen LogP contribution in [0.1, 0.15) is 146 Å². The van der Waals surface area contributed by atoms with Crippen LogP contribution in [0.5, 0.6) is 0 Å². The molecule has 8 nitrogen and oxygen atoms in total. The van der Waals surface area contributed by atoms with Crippen LogP contribution in [0.2, 0.25) is 0 Å². The number of aromatic nitrogens is 4. The van der Waals surface area contributed by atoms with Crippen molar-refractivity contribution in [3.63, 3.8) is 0 Å². The number of carbonyl (C=O) groups excluding carboxylic acids is 2. The topological polar surface area (TPSA) is 93.8 Å². The van der Waals surface area contributed by atoms with Crippen molar-refractivity contribution in [2.45, 2.75) is 164 Å². The van der Waals surface area contributed by atoms with Gasteiger partial charge in [-0.05, 0) is 40.5 Å². The molecule has 8 heteroatoms. The van der Waals surface area contributed by atoms with Crippen molar-refractivity contribution in [1.29, 1.82) is 0 Å². The predicted octanol–water partition coefficient (Wildman–Crippen LogP) is 8.56. The number of anilines is 2. The summed E-state index contributed by atoms with van der Waals surface area (Å²) in [6.45, 7) is 14.0. The van der Waals surface area contributed by atoms with Gasteiger partial charge in [-0.3, -0.25) is 19.0 Å². The van der Waals surface area contributed by atoms with E-state index in [1.54, 1.807) is 0 Å². The summed E-state index contributed by atoms with van der Waals surface area (Å²) in [4.78, 5) is 25.5. The summed E-state index contributed by atoms with van der Waals surface area (Å²) in [5, 5.41) is 15.1. The van der Waals surface area contributed by atoms with Gasteiger partial charge in [0.2, 0.25) is 11.8 Å². The quantitative estimate of drug-likeness (QED) is 0.109. The summed E-state index contributed by atoms with van der Waals surface area (Å²) in [6.07, 6.45) is 20.0. The van der Waals surface area contributed by atoms with Gasteiger partial charge in [0, 0.05) is 13.1 Å². The number of aryl methyl sites for hydroxylation is 4. The molecular formula is C33H58N6O2. The molecule has 0 fully saturated rings. The summed E-state index contributed by atoms with van der Waals surface area (Å²) in [6, 6.07) is 0. The molecule has 232 valence electrons. The number of unbranched alkanes of at least 4 members (excludes halogenated alkanes) is 14. The number of nitrogens with one attached hydrogen (secondary N) is 2. The molecule has 2 rings (SSSR count). The Labute approximate surface area is 249 Å². The molecule has 0 radical (unpaired) electrons. The molecule has 0 unspecified atom stereocenters. The molecule has 0 saturated carbocycles. The third kappa shape index (κ3) is 12.4. The van der Waals surface area contributed by atoms with Gasteiger partial charge >= 0.3 is 0 Å². The molecule has 0 aromatic carbocycles. The monoisotopic (exact) mass is 570 g/mol. The Morgan fingerprint density at radius 1 is 0.537 bits per heavy atom. The van der Waals surface area contributed by atoms with Crippen molar-refractivity contribution < 1.29 is 9.59 Å². The molecular weight excluding hydrogens is 512 g/mol. The highest BCUT2D eigenvalue weighted by molar-refractivity contribution is 6.08. The Balaban J connectivity index is 1.77. The molecule has 41 heavy (non-hydrogen) atoms. The summed E-state index contributed by atoms with van der Waals surface area (Å²) < 4.78 is 3.96. The van der Waals surface area contributed by atoms with E-state index >= 15 is 0 Å². The standard InChI is InChI=1S/C33H58N6O2/c1-7-9-11-13-15-17-19-21-23-38-28(5)32(26(3)36-38)34-30(40)25-31(41)35-33-27(4)37-39(29(33)6)24-22-20-18-16-14-12-10-8-2/h7-25H2,1-6H3,(H,34,40)(H,35,41). The molecule has 2 N–H and O–H groups in total. The van der Waals surface area contributed by atoms with Gasteiger partial charge in [0.25, 0.3) is 0 Å². The Morgan fingerprint density at radius 2 is 0.854 bits per heavy atom. The van der Waals surface area contributed by atoms with Gasteiger partial charge in [0.05, 0.1) is 34.2 Å². The summed E-state index contributed by atoms with van der Waals surface area (Å²) in [5.74, 6) is -0.663. The largest absolute Gasteiger partial charge is 0.323 e. The van der Waals surface area contributed by atoms with Crippen LogP contribution in [-0.2, 0) is 22.7 Å². The second kappa shape index (κ2) is 19.5. The van der Waals surface area contributed by atoms with Crippen molar-refractivity contribution in [3.8, 4) is 0 Å². The normalized spacial score (nSPS) is 11.3. The van der Waals surface area contributed by atoms with Crippen LogP contribution in [0.15, 0.2) is 0 Å². The van der Waals surface area contributed by atoms with Crippen LogP contribution < -0.4 is 10.6 Å². The van der Waals surface area contributed by atoms with E-state index in [0.717, 1.165) is 48.7 Å². The average Bonchev–Trinajstić information content (AvgIpc) is 3.35. The maximum absolute atomic E-state index is 12.8. The van der Waals surface area contributed by atoms with Gasteiger partial charge in [-0.15, -0.1) is 0 Å². The molecule has 0 atom stereocenters. The zero-order chi connectivity index (χ0) is 30.0. The zero-order valence-corrected chi connectivity index (χ0v) is 27.0. The fraction of sp³-hybridized carbons (Fsp3) is 0.758. The van der Waals surface area contributed by atoms with Crippen molar-refractivity contribution in [2.75, 3.05) is 10.6 Å². The van der Waals surface area contributed by atoms with Gasteiger partial charge in [0.1, 0.15) is 6.42 Å². The Hall–Kier alpha value is -2.64. The third-order valence-corrected chi connectivity index (χ3v) is 8.06. The molecule has 2 heterocycles. The van der Waals surface area contributed by atoms with E-state index in [9.17, 15) is 9.59 Å². The van der Waals surface area contributed by atoms with Crippen molar-refractivity contribution >= 4 is 23.2 Å². The lowest BCUT2D eigenvalue weighted by molar-refractivity contribution is -0.123. The maximum atomic E-state index is 12.8. The lowest BCUT2D eigenvalue weighted by Gasteiger charge is -2.09. The average molecular weight is 571 g/mol.